The monoisotopic (exact) mass is 244 g/mol. The van der Waals surface area contributed by atoms with Gasteiger partial charge in [-0.25, -0.2) is 4.98 Å². The van der Waals surface area contributed by atoms with Gasteiger partial charge in [0.05, 0.1) is 18.2 Å². The lowest BCUT2D eigenvalue weighted by molar-refractivity contribution is 0.419. The Morgan fingerprint density at radius 3 is 2.76 bits per heavy atom. The lowest BCUT2D eigenvalue weighted by atomic mass is 10.3. The molecule has 0 saturated heterocycles. The van der Waals surface area contributed by atoms with Gasteiger partial charge in [0.25, 0.3) is 0 Å². The third kappa shape index (κ3) is 2.69. The van der Waals surface area contributed by atoms with Crippen molar-refractivity contribution in [3.63, 3.8) is 0 Å². The first-order valence-electron chi connectivity index (χ1n) is 5.54. The van der Waals surface area contributed by atoms with E-state index in [2.05, 4.69) is 41.1 Å². The van der Waals surface area contributed by atoms with Gasteiger partial charge >= 0.3 is 0 Å². The molecular formula is C13H16N2OSi. The fourth-order valence-electron chi connectivity index (χ4n) is 1.50. The van der Waals surface area contributed by atoms with E-state index in [-0.39, 0.29) is 0 Å². The largest absolute Gasteiger partial charge is 0.496 e. The van der Waals surface area contributed by atoms with E-state index in [1.54, 1.807) is 13.3 Å². The van der Waals surface area contributed by atoms with Crippen molar-refractivity contribution >= 4 is 19.1 Å². The number of methoxy groups -OCH3 is 1. The van der Waals surface area contributed by atoms with Crippen molar-refractivity contribution in [3.05, 3.63) is 24.0 Å². The van der Waals surface area contributed by atoms with Crippen molar-refractivity contribution in [1.29, 1.82) is 0 Å². The summed E-state index contributed by atoms with van der Waals surface area (Å²) < 4.78 is 5.29. The highest BCUT2D eigenvalue weighted by Crippen LogP contribution is 2.23. The van der Waals surface area contributed by atoms with Crippen molar-refractivity contribution < 1.29 is 4.74 Å². The molecule has 2 heterocycles. The van der Waals surface area contributed by atoms with Crippen molar-refractivity contribution in [1.82, 2.24) is 9.97 Å². The number of fused-ring (bicyclic) bond motifs is 1. The summed E-state index contributed by atoms with van der Waals surface area (Å²) in [7, 11) is 0.318. The van der Waals surface area contributed by atoms with E-state index in [0.29, 0.717) is 0 Å². The van der Waals surface area contributed by atoms with Crippen LogP contribution in [0.4, 0.5) is 0 Å². The van der Waals surface area contributed by atoms with Gasteiger partial charge in [0.2, 0.25) is 0 Å². The maximum Gasteiger partial charge on any atom is 0.141 e. The molecule has 88 valence electrons. The number of hydrogen-bond acceptors (Lipinski definition) is 2. The molecule has 2 aromatic rings. The van der Waals surface area contributed by atoms with Gasteiger partial charge in [-0.1, -0.05) is 25.6 Å². The minimum absolute atomic E-state index is 0.823. The van der Waals surface area contributed by atoms with Crippen molar-refractivity contribution in [2.24, 2.45) is 0 Å². The molecule has 0 spiro atoms. The van der Waals surface area contributed by atoms with Crippen LogP contribution in [-0.2, 0) is 0 Å². The second kappa shape index (κ2) is 4.26. The van der Waals surface area contributed by atoms with Crippen LogP contribution in [0.3, 0.4) is 0 Å². The molecule has 2 aromatic heterocycles. The number of H-pyrrole nitrogens is 1. The summed E-state index contributed by atoms with van der Waals surface area (Å²) in [6.07, 6.45) is 1.73. The third-order valence-electron chi connectivity index (χ3n) is 2.28. The molecule has 17 heavy (non-hydrogen) atoms. The Morgan fingerprint density at radius 1 is 1.35 bits per heavy atom. The van der Waals surface area contributed by atoms with Crippen LogP contribution in [0.25, 0.3) is 11.0 Å². The summed E-state index contributed by atoms with van der Waals surface area (Å²) in [5.41, 5.74) is 5.05. The van der Waals surface area contributed by atoms with Crippen molar-refractivity contribution in [2.75, 3.05) is 7.11 Å². The Balaban J connectivity index is 2.47. The second-order valence-electron chi connectivity index (χ2n) is 4.96. The molecular weight excluding hydrogens is 228 g/mol. The van der Waals surface area contributed by atoms with E-state index in [9.17, 15) is 0 Å². The predicted molar refractivity (Wildman–Crippen MR) is 72.9 cm³/mol. The first kappa shape index (κ1) is 11.7. The fraction of sp³-hybridized carbons (Fsp3) is 0.308. The minimum Gasteiger partial charge on any atom is -0.496 e. The fourth-order valence-corrected chi connectivity index (χ4v) is 2.01. The zero-order chi connectivity index (χ0) is 12.5. The standard InChI is InChI=1S/C13H16N2OSi/c1-16-12-5-7-14-13-11(12)9-10(15-13)6-8-17(2,3)4/h5,7,9H,1-4H3,(H,14,15). The van der Waals surface area contributed by atoms with Gasteiger partial charge in [0.15, 0.2) is 0 Å². The van der Waals surface area contributed by atoms with Gasteiger partial charge in [-0.3, -0.25) is 0 Å². The number of nitrogens with zero attached hydrogens (tertiary/aromatic N) is 1. The zero-order valence-corrected chi connectivity index (χ0v) is 11.6. The Labute approximate surface area is 102 Å². The normalized spacial score (nSPS) is 11.1. The van der Waals surface area contributed by atoms with Gasteiger partial charge < -0.3 is 9.72 Å². The second-order valence-corrected chi connectivity index (χ2v) is 9.71. The Morgan fingerprint density at radius 2 is 2.12 bits per heavy atom. The SMILES string of the molecule is COc1ccnc2[nH]c(C#C[Si](C)(C)C)cc12. The van der Waals surface area contributed by atoms with Crippen LogP contribution in [0.1, 0.15) is 5.69 Å². The molecule has 0 unspecified atom stereocenters. The summed E-state index contributed by atoms with van der Waals surface area (Å²) >= 11 is 0. The minimum atomic E-state index is -1.34. The van der Waals surface area contributed by atoms with Crippen LogP contribution < -0.4 is 4.74 Å². The molecule has 0 amide bonds. The van der Waals surface area contributed by atoms with Crippen molar-refractivity contribution in [3.8, 4) is 17.2 Å². The average Bonchev–Trinajstić information content (AvgIpc) is 2.67. The summed E-state index contributed by atoms with van der Waals surface area (Å²) in [6.45, 7) is 6.67. The number of pyridine rings is 1. The first-order chi connectivity index (χ1) is 7.99. The summed E-state index contributed by atoms with van der Waals surface area (Å²) in [5.74, 6) is 4.01. The van der Waals surface area contributed by atoms with Crippen LogP contribution in [-0.4, -0.2) is 25.2 Å². The van der Waals surface area contributed by atoms with E-state index in [1.165, 1.54) is 0 Å². The first-order valence-corrected chi connectivity index (χ1v) is 9.04. The molecule has 0 bridgehead atoms. The molecule has 1 N–H and O–H groups in total. The van der Waals surface area contributed by atoms with E-state index in [0.717, 1.165) is 22.5 Å². The highest BCUT2D eigenvalue weighted by Gasteiger charge is 2.09. The number of aromatic nitrogens is 2. The van der Waals surface area contributed by atoms with Crippen molar-refractivity contribution in [2.45, 2.75) is 19.6 Å². The maximum atomic E-state index is 5.29. The van der Waals surface area contributed by atoms with Crippen LogP contribution in [0.5, 0.6) is 5.75 Å². The quantitative estimate of drug-likeness (QED) is 0.619. The van der Waals surface area contributed by atoms with Gasteiger partial charge in [0.1, 0.15) is 19.5 Å². The van der Waals surface area contributed by atoms with E-state index >= 15 is 0 Å². The van der Waals surface area contributed by atoms with Crippen LogP contribution in [0.15, 0.2) is 18.3 Å². The molecule has 0 aliphatic carbocycles. The molecule has 0 radical (unpaired) electrons. The average molecular weight is 244 g/mol. The molecule has 0 aliphatic heterocycles. The smallest absolute Gasteiger partial charge is 0.141 e. The van der Waals surface area contributed by atoms with Gasteiger partial charge in [-0.05, 0) is 12.1 Å². The van der Waals surface area contributed by atoms with Crippen LogP contribution >= 0.6 is 0 Å². The summed E-state index contributed by atoms with van der Waals surface area (Å²) in [6, 6.07) is 3.85. The number of hydrogen-bond donors (Lipinski definition) is 1. The molecule has 2 rings (SSSR count). The van der Waals surface area contributed by atoms with Gasteiger partial charge in [-0.15, -0.1) is 5.54 Å². The number of rotatable bonds is 1. The summed E-state index contributed by atoms with van der Waals surface area (Å²) in [4.78, 5) is 7.46. The van der Waals surface area contributed by atoms with E-state index in [4.69, 9.17) is 4.74 Å². The van der Waals surface area contributed by atoms with E-state index in [1.807, 2.05) is 12.1 Å². The number of ether oxygens (including phenoxy) is 1. The van der Waals surface area contributed by atoms with Crippen LogP contribution in [0, 0.1) is 11.5 Å². The van der Waals surface area contributed by atoms with Gasteiger partial charge in [0, 0.05) is 6.20 Å². The lowest BCUT2D eigenvalue weighted by Crippen LogP contribution is -2.16. The number of aromatic amines is 1. The molecule has 0 saturated carbocycles. The molecule has 0 aromatic carbocycles. The molecule has 0 atom stereocenters. The molecule has 0 fully saturated rings. The lowest BCUT2D eigenvalue weighted by Gasteiger charge is -2.02. The molecule has 3 nitrogen and oxygen atoms in total. The Kier molecular flexibility index (Phi) is 2.95. The maximum absolute atomic E-state index is 5.29. The third-order valence-corrected chi connectivity index (χ3v) is 3.16. The van der Waals surface area contributed by atoms with Gasteiger partial charge in [-0.2, -0.15) is 0 Å². The highest BCUT2D eigenvalue weighted by atomic mass is 28.3. The molecule has 0 aliphatic rings. The Bertz CT molecular complexity index is 599. The zero-order valence-electron chi connectivity index (χ0n) is 10.6. The predicted octanol–water partition coefficient (Wildman–Crippen LogP) is 2.80. The molecule has 4 heteroatoms. The van der Waals surface area contributed by atoms with Crippen LogP contribution in [0.2, 0.25) is 19.6 Å². The topological polar surface area (TPSA) is 37.9 Å². The summed E-state index contributed by atoms with van der Waals surface area (Å²) in [5, 5.41) is 0.981. The Hall–Kier alpha value is -1.73. The number of nitrogens with one attached hydrogen (secondary N) is 1. The van der Waals surface area contributed by atoms with E-state index < -0.39 is 8.07 Å². The highest BCUT2D eigenvalue weighted by molar-refractivity contribution is 6.83.